The van der Waals surface area contributed by atoms with Crippen LogP contribution in [-0.4, -0.2) is 18.8 Å². The van der Waals surface area contributed by atoms with Gasteiger partial charge in [-0.1, -0.05) is 19.1 Å². The minimum absolute atomic E-state index is 0.0672. The number of ether oxygens (including phenoxy) is 1. The summed E-state index contributed by atoms with van der Waals surface area (Å²) in [4.78, 5) is 23.9. The predicted octanol–water partition coefficient (Wildman–Crippen LogP) is 2.25. The van der Waals surface area contributed by atoms with Crippen LogP contribution in [0.2, 0.25) is 0 Å². The van der Waals surface area contributed by atoms with E-state index in [1.807, 2.05) is 19.1 Å². The number of hydrogen-bond acceptors (Lipinski definition) is 3. The average Bonchev–Trinajstić information content (AvgIpc) is 3.03. The fourth-order valence-corrected chi connectivity index (χ4v) is 2.37. The molecule has 0 aliphatic heterocycles. The number of para-hydroxylation sites is 2. The second-order valence-electron chi connectivity index (χ2n) is 4.79. The lowest BCUT2D eigenvalue weighted by molar-refractivity contribution is -0.132. The molecule has 1 aliphatic rings. The van der Waals surface area contributed by atoms with Crippen LogP contribution in [0, 0.1) is 11.3 Å². The number of carbonyl (C=O) groups is 2. The van der Waals surface area contributed by atoms with E-state index in [-0.39, 0.29) is 17.6 Å². The Morgan fingerprint density at radius 2 is 2.00 bits per heavy atom. The van der Waals surface area contributed by atoms with Crippen molar-refractivity contribution in [3.05, 3.63) is 24.3 Å². The average molecular weight is 247 g/mol. The van der Waals surface area contributed by atoms with E-state index in [2.05, 4.69) is 5.32 Å². The summed E-state index contributed by atoms with van der Waals surface area (Å²) in [6, 6.07) is 7.17. The van der Waals surface area contributed by atoms with Crippen LogP contribution >= 0.6 is 0 Å². The van der Waals surface area contributed by atoms with Crippen LogP contribution in [0.4, 0.5) is 5.69 Å². The lowest BCUT2D eigenvalue weighted by atomic mass is 9.98. The molecular formula is C14H17NO3. The molecular weight excluding hydrogens is 230 g/mol. The Kier molecular flexibility index (Phi) is 3.11. The SMILES string of the molecule is COc1ccccc1NC(=O)C1(C(C)=O)CC1C. The zero-order valence-corrected chi connectivity index (χ0v) is 10.8. The Morgan fingerprint density at radius 3 is 2.50 bits per heavy atom. The minimum atomic E-state index is -0.832. The smallest absolute Gasteiger partial charge is 0.238 e. The highest BCUT2D eigenvalue weighted by Gasteiger charge is 2.61. The van der Waals surface area contributed by atoms with Crippen LogP contribution in [0.1, 0.15) is 20.3 Å². The number of anilines is 1. The second-order valence-corrected chi connectivity index (χ2v) is 4.79. The van der Waals surface area contributed by atoms with Gasteiger partial charge in [0.05, 0.1) is 12.8 Å². The molecule has 2 unspecified atom stereocenters. The third-order valence-corrected chi connectivity index (χ3v) is 3.70. The number of hydrogen-bond donors (Lipinski definition) is 1. The van der Waals surface area contributed by atoms with Crippen molar-refractivity contribution in [2.45, 2.75) is 20.3 Å². The first-order chi connectivity index (χ1) is 8.52. The summed E-state index contributed by atoms with van der Waals surface area (Å²) in [6.45, 7) is 3.40. The molecule has 0 saturated heterocycles. The molecule has 1 amide bonds. The van der Waals surface area contributed by atoms with Crippen LogP contribution in [0.3, 0.4) is 0 Å². The number of ketones is 1. The first kappa shape index (κ1) is 12.6. The van der Waals surface area contributed by atoms with E-state index in [4.69, 9.17) is 4.74 Å². The van der Waals surface area contributed by atoms with Crippen molar-refractivity contribution in [1.29, 1.82) is 0 Å². The van der Waals surface area contributed by atoms with Crippen molar-refractivity contribution >= 4 is 17.4 Å². The van der Waals surface area contributed by atoms with Crippen molar-refractivity contribution in [3.63, 3.8) is 0 Å². The van der Waals surface area contributed by atoms with Gasteiger partial charge in [0.1, 0.15) is 16.9 Å². The van der Waals surface area contributed by atoms with Crippen LogP contribution in [0.15, 0.2) is 24.3 Å². The summed E-state index contributed by atoms with van der Waals surface area (Å²) in [5, 5.41) is 2.79. The maximum Gasteiger partial charge on any atom is 0.238 e. The van der Waals surface area contributed by atoms with E-state index >= 15 is 0 Å². The summed E-state index contributed by atoms with van der Waals surface area (Å²) in [5.41, 5.74) is -0.231. The van der Waals surface area contributed by atoms with Gasteiger partial charge < -0.3 is 10.1 Å². The summed E-state index contributed by atoms with van der Waals surface area (Å²) in [5.74, 6) is 0.414. The number of methoxy groups -OCH3 is 1. The maximum absolute atomic E-state index is 12.2. The van der Waals surface area contributed by atoms with Crippen LogP contribution in [0.25, 0.3) is 0 Å². The van der Waals surface area contributed by atoms with Gasteiger partial charge in [-0.2, -0.15) is 0 Å². The van der Waals surface area contributed by atoms with Crippen molar-refractivity contribution in [2.75, 3.05) is 12.4 Å². The van der Waals surface area contributed by atoms with E-state index in [0.29, 0.717) is 17.9 Å². The van der Waals surface area contributed by atoms with Gasteiger partial charge in [0.25, 0.3) is 0 Å². The van der Waals surface area contributed by atoms with E-state index in [1.54, 1.807) is 19.2 Å². The Morgan fingerprint density at radius 1 is 1.39 bits per heavy atom. The van der Waals surface area contributed by atoms with Gasteiger partial charge in [-0.15, -0.1) is 0 Å². The Hall–Kier alpha value is -1.84. The Balaban J connectivity index is 2.20. The summed E-state index contributed by atoms with van der Waals surface area (Å²) >= 11 is 0. The number of benzene rings is 1. The number of carbonyl (C=O) groups excluding carboxylic acids is 2. The molecule has 2 rings (SSSR count). The van der Waals surface area contributed by atoms with Crippen molar-refractivity contribution < 1.29 is 14.3 Å². The molecule has 1 fully saturated rings. The minimum Gasteiger partial charge on any atom is -0.495 e. The molecule has 1 aromatic rings. The number of nitrogens with one attached hydrogen (secondary N) is 1. The highest BCUT2D eigenvalue weighted by molar-refractivity contribution is 6.13. The van der Waals surface area contributed by atoms with Gasteiger partial charge in [-0.3, -0.25) is 9.59 Å². The molecule has 0 aromatic heterocycles. The van der Waals surface area contributed by atoms with Crippen molar-refractivity contribution in [1.82, 2.24) is 0 Å². The zero-order chi connectivity index (χ0) is 13.3. The first-order valence-corrected chi connectivity index (χ1v) is 5.98. The van der Waals surface area contributed by atoms with Crippen molar-refractivity contribution in [3.8, 4) is 5.75 Å². The highest BCUT2D eigenvalue weighted by atomic mass is 16.5. The predicted molar refractivity (Wildman–Crippen MR) is 68.5 cm³/mol. The molecule has 0 spiro atoms. The van der Waals surface area contributed by atoms with Gasteiger partial charge in [-0.25, -0.2) is 0 Å². The topological polar surface area (TPSA) is 55.4 Å². The fourth-order valence-electron chi connectivity index (χ4n) is 2.37. The molecule has 1 N–H and O–H groups in total. The molecule has 4 nitrogen and oxygen atoms in total. The Bertz CT molecular complexity index is 498. The van der Waals surface area contributed by atoms with Gasteiger partial charge in [0.15, 0.2) is 0 Å². The van der Waals surface area contributed by atoms with Gasteiger partial charge in [0, 0.05) is 0 Å². The third-order valence-electron chi connectivity index (χ3n) is 3.70. The van der Waals surface area contributed by atoms with Crippen LogP contribution in [0.5, 0.6) is 5.75 Å². The van der Waals surface area contributed by atoms with Crippen LogP contribution < -0.4 is 10.1 Å². The largest absolute Gasteiger partial charge is 0.495 e. The number of rotatable bonds is 4. The lowest BCUT2D eigenvalue weighted by Gasteiger charge is -2.15. The molecule has 1 aliphatic carbocycles. The summed E-state index contributed by atoms with van der Waals surface area (Å²) < 4.78 is 5.17. The molecule has 0 bridgehead atoms. The molecule has 4 heteroatoms. The number of amides is 1. The second kappa shape index (κ2) is 4.44. The summed E-state index contributed by atoms with van der Waals surface area (Å²) in [6.07, 6.45) is 0.628. The third kappa shape index (κ3) is 1.88. The van der Waals surface area contributed by atoms with Gasteiger partial charge in [0.2, 0.25) is 5.91 Å². The first-order valence-electron chi connectivity index (χ1n) is 5.98. The molecule has 1 aromatic carbocycles. The molecule has 0 heterocycles. The van der Waals surface area contributed by atoms with E-state index in [1.165, 1.54) is 6.92 Å². The lowest BCUT2D eigenvalue weighted by Crippen LogP contribution is -2.31. The van der Waals surface area contributed by atoms with E-state index in [9.17, 15) is 9.59 Å². The van der Waals surface area contributed by atoms with Crippen molar-refractivity contribution in [2.24, 2.45) is 11.3 Å². The molecule has 96 valence electrons. The van der Waals surface area contributed by atoms with Gasteiger partial charge >= 0.3 is 0 Å². The van der Waals surface area contributed by atoms with Gasteiger partial charge in [-0.05, 0) is 31.4 Å². The highest BCUT2D eigenvalue weighted by Crippen LogP contribution is 2.53. The molecule has 2 atom stereocenters. The monoisotopic (exact) mass is 247 g/mol. The normalized spacial score (nSPS) is 25.4. The van der Waals surface area contributed by atoms with E-state index < -0.39 is 5.41 Å². The fraction of sp³-hybridized carbons (Fsp3) is 0.429. The molecule has 18 heavy (non-hydrogen) atoms. The standard InChI is InChI=1S/C14H17NO3/c1-9-8-14(9,10(2)16)13(17)15-11-6-4-5-7-12(11)18-3/h4-7,9H,8H2,1-3H3,(H,15,17). The van der Waals surface area contributed by atoms with E-state index in [0.717, 1.165) is 0 Å². The summed E-state index contributed by atoms with van der Waals surface area (Å²) in [7, 11) is 1.55. The quantitative estimate of drug-likeness (QED) is 0.830. The number of Topliss-reactive ketones (excluding diaryl/α,β-unsaturated/α-hetero) is 1. The molecule has 1 saturated carbocycles. The molecule has 0 radical (unpaired) electrons. The van der Waals surface area contributed by atoms with Crippen LogP contribution in [-0.2, 0) is 9.59 Å². The maximum atomic E-state index is 12.2. The zero-order valence-electron chi connectivity index (χ0n) is 10.8. The Labute approximate surface area is 106 Å².